The van der Waals surface area contributed by atoms with E-state index < -0.39 is 0 Å². The van der Waals surface area contributed by atoms with E-state index in [1.54, 1.807) is 6.08 Å². The maximum atomic E-state index is 10.9. The molecule has 1 aliphatic heterocycles. The second-order valence-electron chi connectivity index (χ2n) is 4.74. The summed E-state index contributed by atoms with van der Waals surface area (Å²) >= 11 is 0. The Kier molecular flexibility index (Phi) is 7.36. The van der Waals surface area contributed by atoms with Crippen LogP contribution >= 0.6 is 0 Å². The number of aliphatic hydroxyl groups is 2. The van der Waals surface area contributed by atoms with Gasteiger partial charge in [0, 0.05) is 13.2 Å². The van der Waals surface area contributed by atoms with Crippen LogP contribution in [0.1, 0.15) is 38.5 Å². The molecule has 1 saturated heterocycles. The molecule has 5 heteroatoms. The predicted octanol–water partition coefficient (Wildman–Crippen LogP) is 1.18. The summed E-state index contributed by atoms with van der Waals surface area (Å²) in [5, 5.41) is 16.6. The number of aliphatic hydroxyl groups excluding tert-OH is 2. The van der Waals surface area contributed by atoms with Crippen molar-refractivity contribution in [2.45, 2.75) is 38.5 Å². The lowest BCUT2D eigenvalue weighted by atomic mass is 9.86. The Hall–Kier alpha value is -1.20. The molecule has 108 valence electrons. The van der Waals surface area contributed by atoms with Gasteiger partial charge in [-0.3, -0.25) is 9.59 Å². The highest BCUT2D eigenvalue weighted by Gasteiger charge is 2.43. The minimum atomic E-state index is -0.379. The summed E-state index contributed by atoms with van der Waals surface area (Å²) in [5.74, 6) is -1.19. The summed E-state index contributed by atoms with van der Waals surface area (Å²) in [7, 11) is 0. The van der Waals surface area contributed by atoms with Gasteiger partial charge in [-0.15, -0.1) is 0 Å². The smallest absolute Gasteiger partial charge is 0.321 e. The van der Waals surface area contributed by atoms with Crippen molar-refractivity contribution < 1.29 is 24.5 Å². The van der Waals surface area contributed by atoms with Crippen molar-refractivity contribution in [2.75, 3.05) is 13.2 Å². The topological polar surface area (TPSA) is 83.8 Å². The number of cyclic esters (lactones) is 2. The van der Waals surface area contributed by atoms with Gasteiger partial charge >= 0.3 is 11.9 Å². The van der Waals surface area contributed by atoms with E-state index in [2.05, 4.69) is 4.74 Å². The van der Waals surface area contributed by atoms with Crippen molar-refractivity contribution in [3.8, 4) is 0 Å². The molecule has 0 bridgehead atoms. The summed E-state index contributed by atoms with van der Waals surface area (Å²) in [6, 6.07) is 0. The number of carbonyl (C=O) groups excluding carboxylic acids is 2. The van der Waals surface area contributed by atoms with Gasteiger partial charge in [0.1, 0.15) is 0 Å². The van der Waals surface area contributed by atoms with E-state index in [-0.39, 0.29) is 37.0 Å². The van der Waals surface area contributed by atoms with E-state index in [1.807, 2.05) is 6.08 Å². The molecule has 1 aliphatic carbocycles. The zero-order chi connectivity index (χ0) is 14.1. The highest BCUT2D eigenvalue weighted by atomic mass is 16.6. The Bertz CT molecular complexity index is 318. The van der Waals surface area contributed by atoms with Crippen molar-refractivity contribution in [2.24, 2.45) is 11.8 Å². The van der Waals surface area contributed by atoms with Gasteiger partial charge in [-0.2, -0.15) is 0 Å². The first-order chi connectivity index (χ1) is 9.20. The second kappa shape index (κ2) is 8.82. The number of fused-ring (bicyclic) bond motifs is 1. The Morgan fingerprint density at radius 1 is 1.05 bits per heavy atom. The van der Waals surface area contributed by atoms with Crippen LogP contribution < -0.4 is 0 Å². The molecule has 0 aromatic heterocycles. The van der Waals surface area contributed by atoms with Crippen LogP contribution in [0.15, 0.2) is 12.2 Å². The van der Waals surface area contributed by atoms with E-state index in [4.69, 9.17) is 10.2 Å². The van der Waals surface area contributed by atoms with Crippen LogP contribution in [0.5, 0.6) is 0 Å². The SMILES string of the molecule is O=C1OC(=O)C2CCC=CC12.OCCCCCCO. The van der Waals surface area contributed by atoms with Crippen molar-refractivity contribution in [1.82, 2.24) is 0 Å². The molecule has 0 saturated carbocycles. The maximum Gasteiger partial charge on any atom is 0.321 e. The van der Waals surface area contributed by atoms with Crippen molar-refractivity contribution >= 4 is 11.9 Å². The van der Waals surface area contributed by atoms with E-state index in [1.165, 1.54) is 0 Å². The minimum absolute atomic E-state index is 0.188. The van der Waals surface area contributed by atoms with Crippen LogP contribution in [0.25, 0.3) is 0 Å². The van der Waals surface area contributed by atoms with Gasteiger partial charge in [0.05, 0.1) is 11.8 Å². The zero-order valence-electron chi connectivity index (χ0n) is 11.1. The zero-order valence-corrected chi connectivity index (χ0v) is 11.1. The van der Waals surface area contributed by atoms with Crippen molar-refractivity contribution in [3.05, 3.63) is 12.2 Å². The van der Waals surface area contributed by atoms with Gasteiger partial charge in [0.15, 0.2) is 0 Å². The first-order valence-corrected chi connectivity index (χ1v) is 6.84. The van der Waals surface area contributed by atoms with Crippen LogP contribution in [0, 0.1) is 11.8 Å². The van der Waals surface area contributed by atoms with E-state index >= 15 is 0 Å². The number of ether oxygens (including phenoxy) is 1. The first-order valence-electron chi connectivity index (χ1n) is 6.84. The third-order valence-corrected chi connectivity index (χ3v) is 3.26. The maximum absolute atomic E-state index is 10.9. The molecule has 1 heterocycles. The fourth-order valence-corrected chi connectivity index (χ4v) is 2.16. The van der Waals surface area contributed by atoms with Gasteiger partial charge in [-0.25, -0.2) is 0 Å². The van der Waals surface area contributed by atoms with Crippen LogP contribution in [0.4, 0.5) is 0 Å². The number of hydrogen-bond acceptors (Lipinski definition) is 5. The van der Waals surface area contributed by atoms with Crippen molar-refractivity contribution in [1.29, 1.82) is 0 Å². The van der Waals surface area contributed by atoms with Crippen LogP contribution in [0.2, 0.25) is 0 Å². The van der Waals surface area contributed by atoms with E-state index in [9.17, 15) is 9.59 Å². The molecule has 0 amide bonds. The molecule has 19 heavy (non-hydrogen) atoms. The van der Waals surface area contributed by atoms with Gasteiger partial charge in [0.25, 0.3) is 0 Å². The van der Waals surface area contributed by atoms with E-state index in [0.717, 1.165) is 38.5 Å². The highest BCUT2D eigenvalue weighted by molar-refractivity contribution is 5.97. The van der Waals surface area contributed by atoms with Gasteiger partial charge in [-0.1, -0.05) is 25.0 Å². The summed E-state index contributed by atoms with van der Waals surface area (Å²) in [5.41, 5.74) is 0. The third-order valence-electron chi connectivity index (χ3n) is 3.26. The second-order valence-corrected chi connectivity index (χ2v) is 4.74. The molecular weight excluding hydrogens is 248 g/mol. The first kappa shape index (κ1) is 15.9. The molecule has 1 fully saturated rings. The molecule has 2 unspecified atom stereocenters. The van der Waals surface area contributed by atoms with E-state index in [0.29, 0.717) is 0 Å². The molecular formula is C14H22O5. The lowest BCUT2D eigenvalue weighted by Crippen LogP contribution is -2.17. The molecule has 2 N–H and O–H groups in total. The Morgan fingerprint density at radius 2 is 1.68 bits per heavy atom. The van der Waals surface area contributed by atoms with Crippen molar-refractivity contribution in [3.63, 3.8) is 0 Å². The predicted molar refractivity (Wildman–Crippen MR) is 69.1 cm³/mol. The molecule has 2 rings (SSSR count). The lowest BCUT2D eigenvalue weighted by molar-refractivity contribution is -0.153. The minimum Gasteiger partial charge on any atom is -0.396 e. The van der Waals surface area contributed by atoms with Gasteiger partial charge in [0.2, 0.25) is 0 Å². The summed E-state index contributed by atoms with van der Waals surface area (Å²) < 4.78 is 4.48. The van der Waals surface area contributed by atoms with Crippen LogP contribution in [-0.2, 0) is 14.3 Å². The quantitative estimate of drug-likeness (QED) is 0.339. The molecule has 2 aliphatic rings. The summed E-state index contributed by atoms with van der Waals surface area (Å²) in [6.07, 6.45) is 9.17. The Labute approximate surface area is 113 Å². The Balaban J connectivity index is 0.000000203. The molecule has 5 nitrogen and oxygen atoms in total. The number of esters is 2. The number of unbranched alkanes of at least 4 members (excludes halogenated alkanes) is 3. The molecule has 0 aromatic carbocycles. The standard InChI is InChI=1S/C8H8O3.C6H14O2/c9-7-5-3-1-2-4-6(5)8(10)11-7;7-5-3-1-2-4-6-8/h1,3,5-6H,2,4H2;7-8H,1-6H2. The molecule has 0 radical (unpaired) electrons. The third kappa shape index (κ3) is 5.12. The van der Waals surface area contributed by atoms with Crippen LogP contribution in [0.3, 0.4) is 0 Å². The normalized spacial score (nSPS) is 24.5. The average molecular weight is 270 g/mol. The number of rotatable bonds is 5. The average Bonchev–Trinajstić information content (AvgIpc) is 2.72. The fraction of sp³-hybridized carbons (Fsp3) is 0.714. The van der Waals surface area contributed by atoms with Gasteiger partial charge < -0.3 is 14.9 Å². The monoisotopic (exact) mass is 270 g/mol. The summed E-state index contributed by atoms with van der Waals surface area (Å²) in [4.78, 5) is 21.9. The molecule has 0 spiro atoms. The lowest BCUT2D eigenvalue weighted by Gasteiger charge is -2.12. The molecule has 2 atom stereocenters. The number of carbonyl (C=O) groups is 2. The fourth-order valence-electron chi connectivity index (χ4n) is 2.16. The highest BCUT2D eigenvalue weighted by Crippen LogP contribution is 2.32. The van der Waals surface area contributed by atoms with Crippen LogP contribution in [-0.4, -0.2) is 35.4 Å². The largest absolute Gasteiger partial charge is 0.396 e. The summed E-state index contributed by atoms with van der Waals surface area (Å²) in [6.45, 7) is 0.566. The number of hydrogen-bond donors (Lipinski definition) is 2. The molecule has 0 aromatic rings. The number of allylic oxidation sites excluding steroid dienone is 1. The van der Waals surface area contributed by atoms with Gasteiger partial charge in [-0.05, 0) is 25.7 Å². The Morgan fingerprint density at radius 3 is 2.21 bits per heavy atom.